The van der Waals surface area contributed by atoms with Crippen LogP contribution in [0.25, 0.3) is 0 Å². The molecule has 0 saturated carbocycles. The highest BCUT2D eigenvalue weighted by Crippen LogP contribution is 2.25. The van der Waals surface area contributed by atoms with E-state index < -0.39 is 0 Å². The van der Waals surface area contributed by atoms with Gasteiger partial charge in [0.15, 0.2) is 0 Å². The summed E-state index contributed by atoms with van der Waals surface area (Å²) in [5, 5.41) is 1.37. The second kappa shape index (κ2) is 10.4. The van der Waals surface area contributed by atoms with E-state index in [9.17, 15) is 4.79 Å². The zero-order valence-electron chi connectivity index (χ0n) is 15.2. The van der Waals surface area contributed by atoms with Crippen LogP contribution < -0.4 is 9.47 Å². The molecule has 0 aromatic heterocycles. The van der Waals surface area contributed by atoms with E-state index in [2.05, 4.69) is 0 Å². The summed E-state index contributed by atoms with van der Waals surface area (Å²) in [7, 11) is 3.28. The van der Waals surface area contributed by atoms with Crippen LogP contribution in [-0.2, 0) is 17.6 Å². The normalized spacial score (nSPS) is 10.6. The molecule has 0 radical (unpaired) electrons. The Morgan fingerprint density at radius 1 is 0.808 bits per heavy atom. The molecule has 0 bridgehead atoms. The van der Waals surface area contributed by atoms with Gasteiger partial charge in [-0.25, -0.2) is 0 Å². The Hall–Kier alpha value is -1.71. The largest absolute Gasteiger partial charge is 0.496 e. The van der Waals surface area contributed by atoms with E-state index in [0.29, 0.717) is 22.9 Å². The highest BCUT2D eigenvalue weighted by atomic mass is 35.5. The molecule has 0 heterocycles. The first-order valence-corrected chi connectivity index (χ1v) is 9.45. The molecule has 0 atom stereocenters. The number of aryl methyl sites for hydroxylation is 2. The van der Waals surface area contributed by atoms with Crippen molar-refractivity contribution in [2.45, 2.75) is 38.5 Å². The lowest BCUT2D eigenvalue weighted by atomic mass is 10.0. The Bertz CT molecular complexity index is 683. The van der Waals surface area contributed by atoms with Crippen molar-refractivity contribution in [3.8, 4) is 11.5 Å². The van der Waals surface area contributed by atoms with E-state index in [4.69, 9.17) is 32.7 Å². The Balaban J connectivity index is 1.76. The van der Waals surface area contributed by atoms with Gasteiger partial charge in [0.2, 0.25) is 0 Å². The van der Waals surface area contributed by atoms with Crippen molar-refractivity contribution in [1.29, 1.82) is 0 Å². The number of carbonyl (C=O) groups is 1. The molecule has 3 nitrogen and oxygen atoms in total. The monoisotopic (exact) mass is 394 g/mol. The summed E-state index contributed by atoms with van der Waals surface area (Å²) >= 11 is 12.1. The predicted octanol–water partition coefficient (Wildman–Crippen LogP) is 5.93. The van der Waals surface area contributed by atoms with E-state index in [-0.39, 0.29) is 5.78 Å². The summed E-state index contributed by atoms with van der Waals surface area (Å²) in [6.45, 7) is 0. The minimum Gasteiger partial charge on any atom is -0.496 e. The first kappa shape index (κ1) is 20.6. The van der Waals surface area contributed by atoms with Crippen LogP contribution >= 0.6 is 23.2 Å². The molecule has 5 heteroatoms. The SMILES string of the molecule is COc1ccc(Cl)cc1CCCC(=O)CCCc1cc(Cl)ccc1OC. The molecular weight excluding hydrogens is 371 g/mol. The summed E-state index contributed by atoms with van der Waals surface area (Å²) in [5.41, 5.74) is 2.08. The third-order valence-corrected chi connectivity index (χ3v) is 4.76. The van der Waals surface area contributed by atoms with Crippen molar-refractivity contribution in [3.63, 3.8) is 0 Å². The van der Waals surface area contributed by atoms with Crippen LogP contribution in [0.15, 0.2) is 36.4 Å². The lowest BCUT2D eigenvalue weighted by molar-refractivity contribution is -0.119. The number of benzene rings is 2. The average molecular weight is 395 g/mol. The number of hydrogen-bond acceptors (Lipinski definition) is 3. The summed E-state index contributed by atoms with van der Waals surface area (Å²) in [5.74, 6) is 1.90. The maximum absolute atomic E-state index is 12.2. The Morgan fingerprint density at radius 3 is 1.62 bits per heavy atom. The molecule has 0 N–H and O–H groups in total. The molecule has 0 saturated heterocycles. The van der Waals surface area contributed by atoms with Crippen molar-refractivity contribution in [1.82, 2.24) is 0 Å². The highest BCUT2D eigenvalue weighted by molar-refractivity contribution is 6.31. The van der Waals surface area contributed by atoms with Crippen molar-refractivity contribution >= 4 is 29.0 Å². The maximum atomic E-state index is 12.2. The smallest absolute Gasteiger partial charge is 0.132 e. The lowest BCUT2D eigenvalue weighted by Gasteiger charge is -2.09. The zero-order valence-corrected chi connectivity index (χ0v) is 16.7. The van der Waals surface area contributed by atoms with Gasteiger partial charge in [-0.05, 0) is 73.2 Å². The number of hydrogen-bond donors (Lipinski definition) is 0. The molecule has 2 aromatic rings. The minimum atomic E-state index is 0.270. The van der Waals surface area contributed by atoms with Crippen molar-refractivity contribution < 1.29 is 14.3 Å². The van der Waals surface area contributed by atoms with Gasteiger partial charge in [0.25, 0.3) is 0 Å². The predicted molar refractivity (Wildman–Crippen MR) is 107 cm³/mol. The van der Waals surface area contributed by atoms with Crippen LogP contribution in [0.1, 0.15) is 36.8 Å². The number of carbonyl (C=O) groups excluding carboxylic acids is 1. The molecule has 0 aliphatic carbocycles. The highest BCUT2D eigenvalue weighted by Gasteiger charge is 2.08. The van der Waals surface area contributed by atoms with E-state index in [1.165, 1.54) is 0 Å². The molecule has 0 aliphatic rings. The lowest BCUT2D eigenvalue weighted by Crippen LogP contribution is -2.01. The second-order valence-electron chi connectivity index (χ2n) is 6.16. The fraction of sp³-hybridized carbons (Fsp3) is 0.381. The van der Waals surface area contributed by atoms with E-state index in [0.717, 1.165) is 48.3 Å². The topological polar surface area (TPSA) is 35.5 Å². The molecular formula is C21H24Cl2O3. The molecule has 2 aromatic carbocycles. The van der Waals surface area contributed by atoms with Gasteiger partial charge in [-0.2, -0.15) is 0 Å². The third kappa shape index (κ3) is 6.22. The minimum absolute atomic E-state index is 0.270. The average Bonchev–Trinajstić information content (AvgIpc) is 2.62. The van der Waals surface area contributed by atoms with Gasteiger partial charge < -0.3 is 9.47 Å². The van der Waals surface area contributed by atoms with Crippen LogP contribution in [0.4, 0.5) is 0 Å². The fourth-order valence-electron chi connectivity index (χ4n) is 2.96. The summed E-state index contributed by atoms with van der Waals surface area (Å²) in [6, 6.07) is 11.1. The molecule has 0 spiro atoms. The quantitative estimate of drug-likeness (QED) is 0.501. The first-order valence-electron chi connectivity index (χ1n) is 8.70. The zero-order chi connectivity index (χ0) is 18.9. The van der Waals surface area contributed by atoms with Crippen LogP contribution in [0.5, 0.6) is 11.5 Å². The van der Waals surface area contributed by atoms with Gasteiger partial charge >= 0.3 is 0 Å². The standard InChI is InChI=1S/C21H24Cl2O3/c1-25-20-11-9-17(22)13-15(20)5-3-7-19(24)8-4-6-16-14-18(23)10-12-21(16)26-2/h9-14H,3-8H2,1-2H3. The van der Waals surface area contributed by atoms with Crippen LogP contribution in [0.3, 0.4) is 0 Å². The molecule has 26 heavy (non-hydrogen) atoms. The number of methoxy groups -OCH3 is 2. The number of ether oxygens (including phenoxy) is 2. The van der Waals surface area contributed by atoms with Gasteiger partial charge in [-0.15, -0.1) is 0 Å². The van der Waals surface area contributed by atoms with Crippen LogP contribution in [0.2, 0.25) is 10.0 Å². The van der Waals surface area contributed by atoms with E-state index in [1.54, 1.807) is 26.4 Å². The second-order valence-corrected chi connectivity index (χ2v) is 7.03. The fourth-order valence-corrected chi connectivity index (χ4v) is 3.35. The third-order valence-electron chi connectivity index (χ3n) is 4.29. The van der Waals surface area contributed by atoms with Gasteiger partial charge in [0.05, 0.1) is 14.2 Å². The van der Waals surface area contributed by atoms with E-state index >= 15 is 0 Å². The van der Waals surface area contributed by atoms with Crippen LogP contribution in [0, 0.1) is 0 Å². The summed E-state index contributed by atoms with van der Waals surface area (Å²) in [4.78, 5) is 12.2. The molecule has 0 fully saturated rings. The molecule has 140 valence electrons. The number of rotatable bonds is 10. The number of halogens is 2. The molecule has 0 amide bonds. The summed E-state index contributed by atoms with van der Waals surface area (Å²) in [6.07, 6.45) is 4.24. The van der Waals surface area contributed by atoms with Gasteiger partial charge in [0, 0.05) is 22.9 Å². The Labute approximate surface area is 165 Å². The molecule has 2 rings (SSSR count). The number of Topliss-reactive ketones (excluding diaryl/α,β-unsaturated/α-hetero) is 1. The Kier molecular flexibility index (Phi) is 8.27. The van der Waals surface area contributed by atoms with Crippen molar-refractivity contribution in [2.24, 2.45) is 0 Å². The van der Waals surface area contributed by atoms with Crippen molar-refractivity contribution in [3.05, 3.63) is 57.6 Å². The van der Waals surface area contributed by atoms with Crippen LogP contribution in [-0.4, -0.2) is 20.0 Å². The Morgan fingerprint density at radius 2 is 1.23 bits per heavy atom. The van der Waals surface area contributed by atoms with Gasteiger partial charge in [-0.1, -0.05) is 23.2 Å². The van der Waals surface area contributed by atoms with E-state index in [1.807, 2.05) is 24.3 Å². The van der Waals surface area contributed by atoms with Gasteiger partial charge in [0.1, 0.15) is 17.3 Å². The molecule has 0 aliphatic heterocycles. The van der Waals surface area contributed by atoms with Gasteiger partial charge in [-0.3, -0.25) is 4.79 Å². The number of ketones is 1. The molecule has 0 unspecified atom stereocenters. The van der Waals surface area contributed by atoms with Crippen molar-refractivity contribution in [2.75, 3.05) is 14.2 Å². The first-order chi connectivity index (χ1) is 12.5. The summed E-state index contributed by atoms with van der Waals surface area (Å²) < 4.78 is 10.7. The maximum Gasteiger partial charge on any atom is 0.132 e.